The fourth-order valence-corrected chi connectivity index (χ4v) is 5.34. The Bertz CT molecular complexity index is 1220. The summed E-state index contributed by atoms with van der Waals surface area (Å²) < 4.78 is 0. The second-order valence-corrected chi connectivity index (χ2v) is 9.86. The first kappa shape index (κ1) is 22.6. The molecule has 3 aliphatic heterocycles. The Hall–Kier alpha value is -3.15. The fraction of sp³-hybridized carbons (Fsp3) is 0.304. The van der Waals surface area contributed by atoms with E-state index in [1.165, 1.54) is 11.2 Å². The van der Waals surface area contributed by atoms with Gasteiger partial charge in [0.05, 0.1) is 35.5 Å². The molecule has 2 atom stereocenters. The maximum absolute atomic E-state index is 13.3. The number of aliphatic imine (C=N–C) groups is 2. The molecule has 11 heteroatoms. The van der Waals surface area contributed by atoms with E-state index in [2.05, 4.69) is 20.2 Å². The Kier molecular flexibility index (Phi) is 6.40. The van der Waals surface area contributed by atoms with E-state index in [0.717, 1.165) is 33.5 Å². The number of hydrazone groups is 2. The van der Waals surface area contributed by atoms with E-state index in [1.807, 2.05) is 48.7 Å². The molecule has 34 heavy (non-hydrogen) atoms. The lowest BCUT2D eigenvalue weighted by atomic mass is 10.00. The highest BCUT2D eigenvalue weighted by Crippen LogP contribution is 2.34. The van der Waals surface area contributed by atoms with Gasteiger partial charge in [-0.3, -0.25) is 9.59 Å². The molecule has 9 nitrogen and oxygen atoms in total. The minimum absolute atomic E-state index is 0.0397. The number of aryl methyl sites for hydroxylation is 1. The molecule has 0 saturated heterocycles. The number of aliphatic hydroxyl groups is 1. The van der Waals surface area contributed by atoms with Gasteiger partial charge in [0.25, 0.3) is 11.8 Å². The number of amidine groups is 2. The molecule has 1 aromatic heterocycles. The molecule has 2 amide bonds. The van der Waals surface area contributed by atoms with Crippen molar-refractivity contribution in [3.63, 3.8) is 0 Å². The number of hydrogen-bond donors (Lipinski definition) is 1. The summed E-state index contributed by atoms with van der Waals surface area (Å²) in [5.74, 6) is -0.719. The highest BCUT2D eigenvalue weighted by atomic mass is 32.2. The van der Waals surface area contributed by atoms with Gasteiger partial charge in [-0.15, -0.1) is 11.3 Å². The first-order chi connectivity index (χ1) is 16.5. The largest absolute Gasteiger partial charge is 0.394 e. The zero-order chi connectivity index (χ0) is 23.7. The number of nitrogens with zero attached hydrogens (tertiary/aromatic N) is 6. The van der Waals surface area contributed by atoms with Crippen LogP contribution < -0.4 is 0 Å². The van der Waals surface area contributed by atoms with Crippen LogP contribution in [0.15, 0.2) is 62.0 Å². The van der Waals surface area contributed by atoms with Crippen LogP contribution in [0.1, 0.15) is 28.5 Å². The summed E-state index contributed by atoms with van der Waals surface area (Å²) >= 11 is 2.70. The highest BCUT2D eigenvalue weighted by molar-refractivity contribution is 8.14. The molecule has 0 saturated carbocycles. The van der Waals surface area contributed by atoms with Gasteiger partial charge in [-0.1, -0.05) is 47.7 Å². The smallest absolute Gasteiger partial charge is 0.264 e. The van der Waals surface area contributed by atoms with Crippen LogP contribution in [0, 0.1) is 12.8 Å². The van der Waals surface area contributed by atoms with Crippen LogP contribution in [0.3, 0.4) is 0 Å². The summed E-state index contributed by atoms with van der Waals surface area (Å²) in [4.78, 5) is 35.2. The fourth-order valence-electron chi connectivity index (χ4n) is 3.93. The zero-order valence-electron chi connectivity index (χ0n) is 18.4. The molecule has 1 N–H and O–H groups in total. The van der Waals surface area contributed by atoms with E-state index in [0.29, 0.717) is 12.3 Å². The minimum atomic E-state index is -0.631. The van der Waals surface area contributed by atoms with Gasteiger partial charge < -0.3 is 5.11 Å². The molecule has 174 valence electrons. The van der Waals surface area contributed by atoms with Gasteiger partial charge in [0.1, 0.15) is 11.8 Å². The predicted molar refractivity (Wildman–Crippen MR) is 134 cm³/mol. The first-order valence-electron chi connectivity index (χ1n) is 10.8. The van der Waals surface area contributed by atoms with Gasteiger partial charge in [-0.2, -0.15) is 15.2 Å². The van der Waals surface area contributed by atoms with Crippen LogP contribution >= 0.6 is 23.1 Å². The van der Waals surface area contributed by atoms with E-state index in [1.54, 1.807) is 16.3 Å². The molecule has 3 aliphatic rings. The van der Waals surface area contributed by atoms with Gasteiger partial charge in [0, 0.05) is 12.6 Å². The Morgan fingerprint density at radius 2 is 2.06 bits per heavy atom. The van der Waals surface area contributed by atoms with Crippen LogP contribution in [0.4, 0.5) is 0 Å². The highest BCUT2D eigenvalue weighted by Gasteiger charge is 2.37. The summed E-state index contributed by atoms with van der Waals surface area (Å²) in [7, 11) is 0. The molecule has 2 unspecified atom stereocenters. The summed E-state index contributed by atoms with van der Waals surface area (Å²) in [6.07, 6.45) is 2.11. The van der Waals surface area contributed by atoms with Gasteiger partial charge in [-0.05, 0) is 23.9 Å². The molecule has 0 radical (unpaired) electrons. The van der Waals surface area contributed by atoms with Crippen LogP contribution in [-0.4, -0.2) is 68.8 Å². The third-order valence-corrected chi connectivity index (χ3v) is 7.40. The Balaban J connectivity index is 1.33. The summed E-state index contributed by atoms with van der Waals surface area (Å²) in [6, 6.07) is 11.9. The van der Waals surface area contributed by atoms with Crippen molar-refractivity contribution in [3.05, 3.63) is 57.8 Å². The van der Waals surface area contributed by atoms with Crippen LogP contribution in [0.5, 0.6) is 0 Å². The summed E-state index contributed by atoms with van der Waals surface area (Å²) in [5.41, 5.74) is 3.06. The average Bonchev–Trinajstić information content (AvgIpc) is 3.58. The average molecular weight is 495 g/mol. The second-order valence-electron chi connectivity index (χ2n) is 7.97. The lowest BCUT2D eigenvalue weighted by Gasteiger charge is -2.22. The van der Waals surface area contributed by atoms with Crippen LogP contribution in [0.2, 0.25) is 0 Å². The van der Waals surface area contributed by atoms with E-state index >= 15 is 0 Å². The number of carbonyl (C=O) groups is 2. The Labute approximate surface area is 204 Å². The maximum atomic E-state index is 13.3. The van der Waals surface area contributed by atoms with Crippen molar-refractivity contribution in [1.29, 1.82) is 0 Å². The lowest BCUT2D eigenvalue weighted by Crippen LogP contribution is -2.36. The Morgan fingerprint density at radius 3 is 2.79 bits per heavy atom. The number of carbonyl (C=O) groups excluding carboxylic acids is 2. The molecule has 0 aliphatic carbocycles. The molecule has 0 spiro atoms. The predicted octanol–water partition coefficient (Wildman–Crippen LogP) is 2.67. The van der Waals surface area contributed by atoms with Crippen LogP contribution in [-0.2, 0) is 9.59 Å². The minimum Gasteiger partial charge on any atom is -0.394 e. The SMILES string of the molecule is Cc1ccc(C2CC(c3cccs3)=NN2C(=O)CSC2=NC(=O)C3C=NN(CCO)C3=N2)cc1. The van der Waals surface area contributed by atoms with Crippen molar-refractivity contribution in [1.82, 2.24) is 10.0 Å². The van der Waals surface area contributed by atoms with Gasteiger partial charge in [-0.25, -0.2) is 15.0 Å². The molecular weight excluding hydrogens is 472 g/mol. The number of hydrogen-bond acceptors (Lipinski definition) is 9. The molecule has 5 rings (SSSR count). The normalized spacial score (nSPS) is 21.5. The van der Waals surface area contributed by atoms with Crippen molar-refractivity contribution in [2.24, 2.45) is 26.1 Å². The number of thiophene rings is 1. The molecular formula is C23H22N6O3S2. The van der Waals surface area contributed by atoms with E-state index in [-0.39, 0.29) is 41.9 Å². The van der Waals surface area contributed by atoms with E-state index < -0.39 is 5.92 Å². The molecule has 2 aromatic rings. The summed E-state index contributed by atoms with van der Waals surface area (Å²) in [6.45, 7) is 2.15. The monoisotopic (exact) mass is 494 g/mol. The van der Waals surface area contributed by atoms with Crippen LogP contribution in [0.25, 0.3) is 0 Å². The second kappa shape index (κ2) is 9.61. The zero-order valence-corrected chi connectivity index (χ0v) is 20.0. The topological polar surface area (TPSA) is 110 Å². The van der Waals surface area contributed by atoms with Crippen molar-refractivity contribution in [2.45, 2.75) is 19.4 Å². The molecule has 0 bridgehead atoms. The van der Waals surface area contributed by atoms with E-state index in [4.69, 9.17) is 0 Å². The van der Waals surface area contributed by atoms with Crippen molar-refractivity contribution < 1.29 is 14.7 Å². The summed E-state index contributed by atoms with van der Waals surface area (Å²) in [5, 5.41) is 23.3. The van der Waals surface area contributed by atoms with Gasteiger partial charge >= 0.3 is 0 Å². The standard InChI is InChI=1S/C23H22N6O3S2/c1-14-4-6-15(7-5-14)18-11-17(19-3-2-10-33-19)27-29(18)20(31)13-34-23-25-21-16(22(32)26-23)12-24-28(21)8-9-30/h2-7,10,12,16,18,30H,8-9,11,13H2,1H3. The number of fused-ring (bicyclic) bond motifs is 1. The third kappa shape index (κ3) is 4.46. The Morgan fingerprint density at radius 1 is 1.24 bits per heavy atom. The van der Waals surface area contributed by atoms with Crippen molar-refractivity contribution in [2.75, 3.05) is 18.9 Å². The lowest BCUT2D eigenvalue weighted by molar-refractivity contribution is -0.130. The van der Waals surface area contributed by atoms with E-state index in [9.17, 15) is 14.7 Å². The quantitative estimate of drug-likeness (QED) is 0.664. The molecule has 4 heterocycles. The third-order valence-electron chi connectivity index (χ3n) is 5.65. The van der Waals surface area contributed by atoms with Crippen molar-refractivity contribution >= 4 is 57.8 Å². The molecule has 1 aromatic carbocycles. The van der Waals surface area contributed by atoms with Gasteiger partial charge in [0.15, 0.2) is 5.17 Å². The first-order valence-corrected chi connectivity index (χ1v) is 12.7. The number of thioether (sulfide) groups is 1. The number of rotatable bonds is 6. The molecule has 0 fully saturated rings. The number of aliphatic hydroxyl groups excluding tert-OH is 1. The van der Waals surface area contributed by atoms with Gasteiger partial charge in [0.2, 0.25) is 0 Å². The number of β-amino-alcohol motifs (C(OH)–C–C–N with tert-alkyl or cyclic N) is 1. The number of benzene rings is 1. The van der Waals surface area contributed by atoms with Crippen molar-refractivity contribution in [3.8, 4) is 0 Å². The maximum Gasteiger partial charge on any atom is 0.264 e. The number of amides is 2.